The molecule has 0 aliphatic rings. The molecule has 1 heterocycles. The summed E-state index contributed by atoms with van der Waals surface area (Å²) in [4.78, 5) is 2.41. The fourth-order valence-electron chi connectivity index (χ4n) is 8.92. The zero-order valence-electron chi connectivity index (χ0n) is 34.0. The first-order valence-corrected chi connectivity index (χ1v) is 21.2. The second kappa shape index (κ2) is 16.1. The van der Waals surface area contributed by atoms with Gasteiger partial charge in [0.1, 0.15) is 11.2 Å². The van der Waals surface area contributed by atoms with E-state index in [4.69, 9.17) is 4.42 Å². The molecule has 11 rings (SSSR count). The van der Waals surface area contributed by atoms with Crippen LogP contribution in [0.4, 0.5) is 17.1 Å². The molecule has 0 bridgehead atoms. The molecule has 2 nitrogen and oxygen atoms in total. The number of hydrogen-bond donors (Lipinski definition) is 0. The average Bonchev–Trinajstić information content (AvgIpc) is 3.75. The molecule has 0 aliphatic heterocycles. The monoisotopic (exact) mass is 791 g/mol. The zero-order valence-corrected chi connectivity index (χ0v) is 34.0. The van der Waals surface area contributed by atoms with E-state index in [1.807, 2.05) is 12.1 Å². The van der Waals surface area contributed by atoms with E-state index in [9.17, 15) is 0 Å². The van der Waals surface area contributed by atoms with Gasteiger partial charge in [0.15, 0.2) is 0 Å². The highest BCUT2D eigenvalue weighted by Crippen LogP contribution is 2.48. The zero-order chi connectivity index (χ0) is 41.2. The van der Waals surface area contributed by atoms with Gasteiger partial charge in [0.2, 0.25) is 0 Å². The lowest BCUT2D eigenvalue weighted by atomic mass is 9.87. The first-order valence-electron chi connectivity index (χ1n) is 21.2. The lowest BCUT2D eigenvalue weighted by molar-refractivity contribution is 0.670. The van der Waals surface area contributed by atoms with E-state index in [2.05, 4.69) is 241 Å². The Bertz CT molecular complexity index is 3300. The third kappa shape index (κ3) is 6.84. The van der Waals surface area contributed by atoms with Crippen molar-refractivity contribution < 1.29 is 4.42 Å². The topological polar surface area (TPSA) is 16.4 Å². The van der Waals surface area contributed by atoms with Crippen LogP contribution in [0.25, 0.3) is 88.7 Å². The van der Waals surface area contributed by atoms with E-state index in [0.717, 1.165) is 66.8 Å². The minimum atomic E-state index is 0.898. The molecular weight excluding hydrogens is 751 g/mol. The molecule has 0 radical (unpaired) electrons. The van der Waals surface area contributed by atoms with Crippen molar-refractivity contribution >= 4 is 39.0 Å². The van der Waals surface area contributed by atoms with Crippen LogP contribution in [0, 0.1) is 0 Å². The fraction of sp³-hybridized carbons (Fsp3) is 0. The predicted octanol–water partition coefficient (Wildman–Crippen LogP) is 17.1. The molecule has 0 saturated carbocycles. The molecule has 1 aromatic heterocycles. The number of furan rings is 1. The summed E-state index contributed by atoms with van der Waals surface area (Å²) in [5.74, 6) is 0. The first kappa shape index (κ1) is 36.8. The van der Waals surface area contributed by atoms with Gasteiger partial charge >= 0.3 is 0 Å². The van der Waals surface area contributed by atoms with E-state index in [1.54, 1.807) is 0 Å². The van der Waals surface area contributed by atoms with Gasteiger partial charge in [-0.2, -0.15) is 0 Å². The standard InChI is InChI=1S/C60H41NO/c1-4-16-42(17-5-1)43-30-32-44(33-31-43)45-34-38-49(39-35-45)61(50-40-36-48(37-41-50)53-26-14-27-56-54-23-12-13-29-58(54)62-60(53)56)57-28-15-25-52(47-20-8-3-9-21-47)59(57)55-24-11-10-22-51(55)46-18-6-2-7-19-46/h1-41H. The normalized spacial score (nSPS) is 11.2. The third-order valence-electron chi connectivity index (χ3n) is 11.9. The minimum Gasteiger partial charge on any atom is -0.455 e. The van der Waals surface area contributed by atoms with Crippen LogP contribution in [0.3, 0.4) is 0 Å². The largest absolute Gasteiger partial charge is 0.455 e. The molecule has 62 heavy (non-hydrogen) atoms. The maximum atomic E-state index is 6.49. The van der Waals surface area contributed by atoms with Crippen LogP contribution < -0.4 is 4.90 Å². The molecule has 0 spiro atoms. The minimum absolute atomic E-state index is 0.898. The third-order valence-corrected chi connectivity index (χ3v) is 11.9. The highest BCUT2D eigenvalue weighted by Gasteiger charge is 2.23. The van der Waals surface area contributed by atoms with E-state index >= 15 is 0 Å². The summed E-state index contributed by atoms with van der Waals surface area (Å²) in [6.07, 6.45) is 0. The van der Waals surface area contributed by atoms with E-state index < -0.39 is 0 Å². The van der Waals surface area contributed by atoms with Crippen LogP contribution in [0.5, 0.6) is 0 Å². The van der Waals surface area contributed by atoms with Gasteiger partial charge < -0.3 is 9.32 Å². The number of fused-ring (bicyclic) bond motifs is 3. The number of anilines is 3. The quantitative estimate of drug-likeness (QED) is 0.145. The Kier molecular flexibility index (Phi) is 9.57. The number of benzene rings is 10. The van der Waals surface area contributed by atoms with Crippen molar-refractivity contribution in [2.45, 2.75) is 0 Å². The number of rotatable bonds is 9. The summed E-state index contributed by atoms with van der Waals surface area (Å²) >= 11 is 0. The second-order valence-electron chi connectivity index (χ2n) is 15.6. The summed E-state index contributed by atoms with van der Waals surface area (Å²) in [5.41, 5.74) is 18.9. The molecular formula is C60H41NO. The van der Waals surface area contributed by atoms with Gasteiger partial charge in [-0.15, -0.1) is 0 Å². The molecule has 11 aromatic rings. The van der Waals surface area contributed by atoms with Gasteiger partial charge in [0.25, 0.3) is 0 Å². The van der Waals surface area contributed by atoms with Crippen molar-refractivity contribution in [1.29, 1.82) is 0 Å². The Morgan fingerprint density at radius 3 is 1.29 bits per heavy atom. The van der Waals surface area contributed by atoms with E-state index in [-0.39, 0.29) is 0 Å². The van der Waals surface area contributed by atoms with Gasteiger partial charge in [0, 0.05) is 33.3 Å². The molecule has 0 aliphatic carbocycles. The van der Waals surface area contributed by atoms with Crippen molar-refractivity contribution in [3.63, 3.8) is 0 Å². The van der Waals surface area contributed by atoms with Gasteiger partial charge in [-0.25, -0.2) is 0 Å². The lowest BCUT2D eigenvalue weighted by Crippen LogP contribution is -2.12. The first-order chi connectivity index (χ1) is 30.8. The fourth-order valence-corrected chi connectivity index (χ4v) is 8.92. The Morgan fingerprint density at radius 2 is 0.661 bits per heavy atom. The second-order valence-corrected chi connectivity index (χ2v) is 15.6. The molecule has 0 atom stereocenters. The smallest absolute Gasteiger partial charge is 0.143 e. The van der Waals surface area contributed by atoms with Crippen molar-refractivity contribution in [2.75, 3.05) is 4.90 Å². The Morgan fingerprint density at radius 1 is 0.258 bits per heavy atom. The van der Waals surface area contributed by atoms with Gasteiger partial charge in [-0.05, 0) is 92.0 Å². The molecule has 0 unspecified atom stereocenters. The maximum absolute atomic E-state index is 6.49. The van der Waals surface area contributed by atoms with Gasteiger partial charge in [0.05, 0.1) is 5.69 Å². The summed E-state index contributed by atoms with van der Waals surface area (Å²) in [6.45, 7) is 0. The summed E-state index contributed by atoms with van der Waals surface area (Å²) in [5, 5.41) is 2.25. The molecule has 10 aromatic carbocycles. The molecule has 0 amide bonds. The van der Waals surface area contributed by atoms with Crippen LogP contribution >= 0.6 is 0 Å². The van der Waals surface area contributed by atoms with E-state index in [0.29, 0.717) is 0 Å². The molecule has 0 fully saturated rings. The van der Waals surface area contributed by atoms with Crippen molar-refractivity contribution in [3.05, 3.63) is 249 Å². The average molecular weight is 792 g/mol. The highest BCUT2D eigenvalue weighted by atomic mass is 16.3. The molecule has 0 saturated heterocycles. The van der Waals surface area contributed by atoms with Crippen LogP contribution in [-0.4, -0.2) is 0 Å². The molecule has 0 N–H and O–H groups in total. The SMILES string of the molecule is c1ccc(-c2ccc(-c3ccc(N(c4ccc(-c5cccc6c5oc5ccccc56)cc4)c4cccc(-c5ccccc5)c4-c4ccccc4-c4ccccc4)cc3)cc2)cc1. The Labute approximate surface area is 362 Å². The lowest BCUT2D eigenvalue weighted by Gasteiger charge is -2.30. The van der Waals surface area contributed by atoms with Crippen molar-refractivity contribution in [1.82, 2.24) is 0 Å². The van der Waals surface area contributed by atoms with Gasteiger partial charge in [-0.3, -0.25) is 0 Å². The number of hydrogen-bond acceptors (Lipinski definition) is 2. The van der Waals surface area contributed by atoms with Crippen LogP contribution in [0.1, 0.15) is 0 Å². The van der Waals surface area contributed by atoms with Crippen molar-refractivity contribution in [2.24, 2.45) is 0 Å². The van der Waals surface area contributed by atoms with Crippen LogP contribution in [-0.2, 0) is 0 Å². The Balaban J connectivity index is 1.08. The summed E-state index contributed by atoms with van der Waals surface area (Å²) < 4.78 is 6.49. The number of nitrogens with zero attached hydrogens (tertiary/aromatic N) is 1. The molecule has 2 heteroatoms. The highest BCUT2D eigenvalue weighted by molar-refractivity contribution is 6.09. The van der Waals surface area contributed by atoms with E-state index in [1.165, 1.54) is 38.9 Å². The summed E-state index contributed by atoms with van der Waals surface area (Å²) in [7, 11) is 0. The van der Waals surface area contributed by atoms with Crippen LogP contribution in [0.15, 0.2) is 253 Å². The van der Waals surface area contributed by atoms with Crippen molar-refractivity contribution in [3.8, 4) is 66.8 Å². The van der Waals surface area contributed by atoms with Crippen LogP contribution in [0.2, 0.25) is 0 Å². The molecule has 292 valence electrons. The maximum Gasteiger partial charge on any atom is 0.143 e. The Hall–Kier alpha value is -8.20. The van der Waals surface area contributed by atoms with Gasteiger partial charge in [-0.1, -0.05) is 212 Å². The summed E-state index contributed by atoms with van der Waals surface area (Å²) in [6, 6.07) is 89.1. The predicted molar refractivity (Wildman–Crippen MR) is 261 cm³/mol. The number of para-hydroxylation sites is 2.